The minimum atomic E-state index is -0.457. The molecule has 0 aliphatic carbocycles. The smallest absolute Gasteiger partial charge is 0.271 e. The second-order valence-electron chi connectivity index (χ2n) is 4.33. The quantitative estimate of drug-likeness (QED) is 0.494. The molecule has 3 rings (SSSR count). The number of nitrogens with zero attached hydrogens (tertiary/aromatic N) is 2. The van der Waals surface area contributed by atoms with E-state index in [1.54, 1.807) is 6.07 Å². The van der Waals surface area contributed by atoms with Crippen molar-refractivity contribution in [1.82, 2.24) is 4.57 Å². The van der Waals surface area contributed by atoms with Crippen LogP contribution in [0.3, 0.4) is 0 Å². The summed E-state index contributed by atoms with van der Waals surface area (Å²) in [5, 5.41) is 12.6. The Morgan fingerprint density at radius 1 is 1.11 bits per heavy atom. The molecule has 0 unspecified atom stereocenters. The van der Waals surface area contributed by atoms with Crippen LogP contribution in [0.1, 0.15) is 11.7 Å². The Balaban J connectivity index is 2.53. The molecule has 19 heavy (non-hydrogen) atoms. The minimum Gasteiger partial charge on any atom is -0.280 e. The van der Waals surface area contributed by atoms with Crippen molar-refractivity contribution in [3.63, 3.8) is 0 Å². The number of nitro groups is 1. The van der Waals surface area contributed by atoms with Crippen molar-refractivity contribution in [2.75, 3.05) is 0 Å². The van der Waals surface area contributed by atoms with Crippen molar-refractivity contribution in [1.29, 1.82) is 0 Å². The first-order valence-corrected chi connectivity index (χ1v) is 5.78. The molecule has 5 nitrogen and oxygen atoms in total. The van der Waals surface area contributed by atoms with E-state index in [-0.39, 0.29) is 11.6 Å². The number of para-hydroxylation sites is 1. The van der Waals surface area contributed by atoms with Gasteiger partial charge < -0.3 is 0 Å². The highest BCUT2D eigenvalue weighted by atomic mass is 16.6. The van der Waals surface area contributed by atoms with E-state index in [1.807, 2.05) is 24.3 Å². The zero-order valence-electron chi connectivity index (χ0n) is 10.2. The summed E-state index contributed by atoms with van der Waals surface area (Å²) >= 11 is 0. The van der Waals surface area contributed by atoms with E-state index in [0.717, 1.165) is 16.3 Å². The Morgan fingerprint density at radius 3 is 2.47 bits per heavy atom. The van der Waals surface area contributed by atoms with Gasteiger partial charge in [0.2, 0.25) is 5.91 Å². The summed E-state index contributed by atoms with van der Waals surface area (Å²) in [6, 6.07) is 12.1. The van der Waals surface area contributed by atoms with Crippen molar-refractivity contribution in [2.24, 2.45) is 0 Å². The van der Waals surface area contributed by atoms with Gasteiger partial charge in [-0.15, -0.1) is 0 Å². The van der Waals surface area contributed by atoms with Gasteiger partial charge >= 0.3 is 0 Å². The van der Waals surface area contributed by atoms with E-state index in [4.69, 9.17) is 0 Å². The number of fused-ring (bicyclic) bond motifs is 3. The maximum atomic E-state index is 11.8. The monoisotopic (exact) mass is 254 g/mol. The fraction of sp³-hybridized carbons (Fsp3) is 0.0714. The normalized spacial score (nSPS) is 11.0. The molecular formula is C14H10N2O3. The average molecular weight is 254 g/mol. The number of aromatic nitrogens is 1. The molecular weight excluding hydrogens is 244 g/mol. The second-order valence-corrected chi connectivity index (χ2v) is 4.33. The Labute approximate surface area is 108 Å². The maximum absolute atomic E-state index is 11.8. The van der Waals surface area contributed by atoms with Crippen LogP contribution in [-0.2, 0) is 0 Å². The van der Waals surface area contributed by atoms with Crippen LogP contribution in [-0.4, -0.2) is 15.4 Å². The summed E-state index contributed by atoms with van der Waals surface area (Å²) in [5.41, 5.74) is 1.33. The standard InChI is InChI=1S/C14H10N2O3/c1-9(17)15-13-5-3-2-4-11(13)12-7-6-10(16(18)19)8-14(12)15/h2-8H,1H3. The number of hydrogen-bond donors (Lipinski definition) is 0. The molecule has 1 aromatic heterocycles. The van der Waals surface area contributed by atoms with Crippen molar-refractivity contribution >= 4 is 33.4 Å². The third kappa shape index (κ3) is 1.59. The predicted octanol–water partition coefficient (Wildman–Crippen LogP) is 3.36. The molecule has 0 N–H and O–H groups in total. The molecule has 0 radical (unpaired) electrons. The van der Waals surface area contributed by atoms with E-state index in [9.17, 15) is 14.9 Å². The van der Waals surface area contributed by atoms with Crippen molar-refractivity contribution in [3.8, 4) is 0 Å². The van der Waals surface area contributed by atoms with Gasteiger partial charge in [0.1, 0.15) is 0 Å². The zero-order chi connectivity index (χ0) is 13.6. The van der Waals surface area contributed by atoms with Gasteiger partial charge in [0, 0.05) is 29.8 Å². The summed E-state index contributed by atoms with van der Waals surface area (Å²) in [5.74, 6) is -0.160. The number of rotatable bonds is 1. The first-order valence-electron chi connectivity index (χ1n) is 5.78. The molecule has 0 aliphatic heterocycles. The van der Waals surface area contributed by atoms with Crippen LogP contribution >= 0.6 is 0 Å². The number of carbonyl (C=O) groups excluding carboxylic acids is 1. The summed E-state index contributed by atoms with van der Waals surface area (Å²) in [4.78, 5) is 22.2. The third-order valence-corrected chi connectivity index (χ3v) is 3.18. The topological polar surface area (TPSA) is 65.1 Å². The summed E-state index contributed by atoms with van der Waals surface area (Å²) in [6.45, 7) is 1.45. The largest absolute Gasteiger partial charge is 0.280 e. The van der Waals surface area contributed by atoms with Gasteiger partial charge in [0.25, 0.3) is 5.69 Å². The lowest BCUT2D eigenvalue weighted by molar-refractivity contribution is -0.384. The third-order valence-electron chi connectivity index (χ3n) is 3.18. The van der Waals surface area contributed by atoms with Crippen LogP contribution in [0, 0.1) is 10.1 Å². The van der Waals surface area contributed by atoms with Gasteiger partial charge in [-0.3, -0.25) is 19.5 Å². The SMILES string of the molecule is CC(=O)n1c2ccccc2c2ccc([N+](=O)[O-])cc21. The minimum absolute atomic E-state index is 0.0159. The Kier molecular flexibility index (Phi) is 2.35. The molecule has 0 amide bonds. The lowest BCUT2D eigenvalue weighted by Crippen LogP contribution is -2.04. The van der Waals surface area contributed by atoms with Crippen molar-refractivity contribution in [2.45, 2.75) is 6.92 Å². The highest BCUT2D eigenvalue weighted by Crippen LogP contribution is 2.31. The number of nitro benzene ring substituents is 1. The van der Waals surface area contributed by atoms with Gasteiger partial charge in [-0.1, -0.05) is 18.2 Å². The number of benzene rings is 2. The summed E-state index contributed by atoms with van der Waals surface area (Å²) < 4.78 is 1.51. The zero-order valence-corrected chi connectivity index (χ0v) is 10.2. The lowest BCUT2D eigenvalue weighted by Gasteiger charge is -2.00. The number of hydrogen-bond acceptors (Lipinski definition) is 3. The molecule has 0 saturated heterocycles. The molecule has 2 aromatic carbocycles. The highest BCUT2D eigenvalue weighted by molar-refractivity contribution is 6.13. The number of non-ortho nitro benzene ring substituents is 1. The molecule has 94 valence electrons. The Bertz CT molecular complexity index is 833. The van der Waals surface area contributed by atoms with Gasteiger partial charge in [-0.25, -0.2) is 0 Å². The molecule has 5 heteroatoms. The first kappa shape index (κ1) is 11.4. The maximum Gasteiger partial charge on any atom is 0.271 e. The molecule has 0 aliphatic rings. The van der Waals surface area contributed by atoms with Crippen molar-refractivity contribution < 1.29 is 9.72 Å². The van der Waals surface area contributed by atoms with Gasteiger partial charge in [0.15, 0.2) is 0 Å². The van der Waals surface area contributed by atoms with E-state index >= 15 is 0 Å². The van der Waals surface area contributed by atoms with Crippen LogP contribution in [0.4, 0.5) is 5.69 Å². The van der Waals surface area contributed by atoms with Crippen LogP contribution in [0.5, 0.6) is 0 Å². The van der Waals surface area contributed by atoms with Gasteiger partial charge in [-0.2, -0.15) is 0 Å². The van der Waals surface area contributed by atoms with E-state index in [1.165, 1.54) is 23.6 Å². The van der Waals surface area contributed by atoms with Crippen LogP contribution in [0.25, 0.3) is 21.8 Å². The van der Waals surface area contributed by atoms with Crippen molar-refractivity contribution in [3.05, 3.63) is 52.6 Å². The van der Waals surface area contributed by atoms with Gasteiger partial charge in [-0.05, 0) is 12.1 Å². The first-order chi connectivity index (χ1) is 9.09. The molecule has 1 heterocycles. The molecule has 0 atom stereocenters. The highest BCUT2D eigenvalue weighted by Gasteiger charge is 2.16. The molecule has 0 bridgehead atoms. The average Bonchev–Trinajstić information content (AvgIpc) is 2.72. The van der Waals surface area contributed by atoms with E-state index < -0.39 is 4.92 Å². The summed E-state index contributed by atoms with van der Waals surface area (Å²) in [7, 11) is 0. The lowest BCUT2D eigenvalue weighted by atomic mass is 10.1. The second kappa shape index (κ2) is 3.91. The predicted molar refractivity (Wildman–Crippen MR) is 72.4 cm³/mol. The molecule has 3 aromatic rings. The Morgan fingerprint density at radius 2 is 1.79 bits per heavy atom. The van der Waals surface area contributed by atoms with Gasteiger partial charge in [0.05, 0.1) is 16.0 Å². The fourth-order valence-electron chi connectivity index (χ4n) is 2.41. The van der Waals surface area contributed by atoms with E-state index in [0.29, 0.717) is 5.52 Å². The fourth-order valence-corrected chi connectivity index (χ4v) is 2.41. The van der Waals surface area contributed by atoms with E-state index in [2.05, 4.69) is 0 Å². The molecule has 0 spiro atoms. The Hall–Kier alpha value is -2.69. The van der Waals surface area contributed by atoms with Crippen LogP contribution < -0.4 is 0 Å². The van der Waals surface area contributed by atoms with Crippen LogP contribution in [0.15, 0.2) is 42.5 Å². The van der Waals surface area contributed by atoms with Crippen LogP contribution in [0.2, 0.25) is 0 Å². The molecule has 0 fully saturated rings. The summed E-state index contributed by atoms with van der Waals surface area (Å²) in [6.07, 6.45) is 0. The molecule has 0 saturated carbocycles. The number of carbonyl (C=O) groups is 1.